The summed E-state index contributed by atoms with van der Waals surface area (Å²) < 4.78 is 29.3. The highest BCUT2D eigenvalue weighted by Crippen LogP contribution is 2.72. The minimum atomic E-state index is -1.66. The van der Waals surface area contributed by atoms with E-state index in [4.69, 9.17) is 23.7 Å². The van der Waals surface area contributed by atoms with Gasteiger partial charge in [0.05, 0.1) is 31.5 Å². The van der Waals surface area contributed by atoms with Crippen molar-refractivity contribution in [3.05, 3.63) is 11.6 Å². The minimum Gasteiger partial charge on any atom is -0.465 e. The Morgan fingerprint density at radius 1 is 1.14 bits per heavy atom. The van der Waals surface area contributed by atoms with Crippen LogP contribution < -0.4 is 0 Å². The van der Waals surface area contributed by atoms with Crippen LogP contribution in [0.3, 0.4) is 0 Å². The summed E-state index contributed by atoms with van der Waals surface area (Å²) in [6, 6.07) is 0. The maximum atomic E-state index is 11.8. The molecule has 6 N–H and O–H groups in total. The van der Waals surface area contributed by atoms with E-state index >= 15 is 0 Å². The molecular weight excluding hydrogens is 468 g/mol. The summed E-state index contributed by atoms with van der Waals surface area (Å²) in [4.78, 5) is 11.8. The van der Waals surface area contributed by atoms with Gasteiger partial charge in [0.2, 0.25) is 0 Å². The molecule has 4 fully saturated rings. The number of carbonyl (C=O) groups excluding carboxylic acids is 1. The summed E-state index contributed by atoms with van der Waals surface area (Å²) in [5, 5.41) is 62.8. The number of aliphatic hydroxyl groups excluding tert-OH is 6. The lowest BCUT2D eigenvalue weighted by Gasteiger charge is -2.58. The molecule has 3 aliphatic heterocycles. The van der Waals surface area contributed by atoms with Crippen molar-refractivity contribution in [3.63, 3.8) is 0 Å². The van der Waals surface area contributed by atoms with E-state index in [1.54, 1.807) is 19.9 Å². The van der Waals surface area contributed by atoms with Crippen LogP contribution in [0.2, 0.25) is 0 Å². The van der Waals surface area contributed by atoms with Gasteiger partial charge in [-0.05, 0) is 18.9 Å². The van der Waals surface area contributed by atoms with E-state index in [9.17, 15) is 35.4 Å². The molecule has 35 heavy (non-hydrogen) atoms. The largest absolute Gasteiger partial charge is 0.465 e. The van der Waals surface area contributed by atoms with Crippen molar-refractivity contribution < 1.29 is 59.1 Å². The molecule has 0 amide bonds. The number of ether oxygens (including phenoxy) is 5. The molecule has 13 atom stereocenters. The van der Waals surface area contributed by atoms with Crippen LogP contribution >= 0.6 is 0 Å². The van der Waals surface area contributed by atoms with E-state index < -0.39 is 90.2 Å². The highest BCUT2D eigenvalue weighted by atomic mass is 16.7. The first-order chi connectivity index (χ1) is 16.4. The minimum absolute atomic E-state index is 0.133. The van der Waals surface area contributed by atoms with E-state index in [0.717, 1.165) is 0 Å². The quantitative estimate of drug-likeness (QED) is 0.130. The van der Waals surface area contributed by atoms with Gasteiger partial charge in [-0.1, -0.05) is 13.0 Å². The zero-order valence-corrected chi connectivity index (χ0v) is 19.8. The van der Waals surface area contributed by atoms with Gasteiger partial charge in [-0.3, -0.25) is 4.79 Å². The first kappa shape index (κ1) is 25.5. The molecule has 12 nitrogen and oxygen atoms in total. The number of fused-ring (bicyclic) bond motifs is 2. The average Bonchev–Trinajstić information content (AvgIpc) is 3.60. The van der Waals surface area contributed by atoms with Gasteiger partial charge in [0.1, 0.15) is 48.8 Å². The van der Waals surface area contributed by atoms with Crippen molar-refractivity contribution >= 4 is 5.97 Å². The molecule has 5 aliphatic rings. The number of rotatable bonds is 5. The predicted molar refractivity (Wildman–Crippen MR) is 114 cm³/mol. The van der Waals surface area contributed by atoms with Gasteiger partial charge in [0.25, 0.3) is 0 Å². The van der Waals surface area contributed by atoms with Gasteiger partial charge in [-0.2, -0.15) is 0 Å². The predicted octanol–water partition coefficient (Wildman–Crippen LogP) is -2.65. The third kappa shape index (κ3) is 3.32. The van der Waals surface area contributed by atoms with E-state index in [-0.39, 0.29) is 19.6 Å². The topological polar surface area (TPSA) is 188 Å². The zero-order chi connectivity index (χ0) is 25.5. The molecule has 3 heterocycles. The van der Waals surface area contributed by atoms with Gasteiger partial charge in [-0.15, -0.1) is 0 Å². The molecule has 12 heteroatoms. The molecule has 0 aromatic carbocycles. The number of esters is 1. The van der Waals surface area contributed by atoms with Crippen LogP contribution in [0.15, 0.2) is 11.6 Å². The Morgan fingerprint density at radius 2 is 1.83 bits per heavy atom. The van der Waals surface area contributed by atoms with Gasteiger partial charge in [0.15, 0.2) is 6.29 Å². The van der Waals surface area contributed by atoms with Gasteiger partial charge in [-0.25, -0.2) is 0 Å². The standard InChI is InChI=1S/C23H34O12/c1-9-4-13-22(5-11(9)26,7-31-10(2)25)21(3)18(30)17(19(34-13)23(21)8-32-23)35-20-16(29)15(28)14(27)12(6-24)33-20/h4,11-20,24,26-30H,5-8H2,1-3H3/t11-,12+,13?,14+,15-,16+,17+,18+,19?,20-,21+,22+,23?/m0/s1. The number of hydrogen-bond donors (Lipinski definition) is 6. The fraction of sp³-hybridized carbons (Fsp3) is 0.870. The van der Waals surface area contributed by atoms with E-state index in [1.807, 2.05) is 0 Å². The normalized spacial score (nSPS) is 54.8. The second kappa shape index (κ2) is 8.42. The summed E-state index contributed by atoms with van der Waals surface area (Å²) in [5.74, 6) is -0.517. The molecule has 3 unspecified atom stereocenters. The van der Waals surface area contributed by atoms with Crippen molar-refractivity contribution in [1.82, 2.24) is 0 Å². The molecule has 1 spiro atoms. The summed E-state index contributed by atoms with van der Waals surface area (Å²) in [6.45, 7) is 4.32. The maximum absolute atomic E-state index is 11.8. The molecule has 198 valence electrons. The average molecular weight is 503 g/mol. The van der Waals surface area contributed by atoms with Crippen LogP contribution in [0.4, 0.5) is 0 Å². The van der Waals surface area contributed by atoms with Gasteiger partial charge < -0.3 is 54.3 Å². The van der Waals surface area contributed by atoms with Crippen molar-refractivity contribution in [3.8, 4) is 0 Å². The Hall–Kier alpha value is -1.19. The van der Waals surface area contributed by atoms with Crippen molar-refractivity contribution in [1.29, 1.82) is 0 Å². The molecule has 5 rings (SSSR count). The van der Waals surface area contributed by atoms with E-state index in [2.05, 4.69) is 0 Å². The second-order valence-electron chi connectivity index (χ2n) is 10.7. The summed E-state index contributed by atoms with van der Waals surface area (Å²) in [5.41, 5.74) is -2.50. The molecule has 0 aromatic rings. The lowest BCUT2D eigenvalue weighted by atomic mass is 9.51. The monoisotopic (exact) mass is 502 g/mol. The van der Waals surface area contributed by atoms with Gasteiger partial charge >= 0.3 is 5.97 Å². The van der Waals surface area contributed by atoms with Crippen LogP contribution in [-0.2, 0) is 28.5 Å². The van der Waals surface area contributed by atoms with Crippen LogP contribution in [0.5, 0.6) is 0 Å². The van der Waals surface area contributed by atoms with Crippen LogP contribution in [0.25, 0.3) is 0 Å². The Balaban J connectivity index is 1.52. The van der Waals surface area contributed by atoms with Gasteiger partial charge in [0, 0.05) is 17.8 Å². The number of epoxide rings is 1. The molecule has 3 saturated heterocycles. The Kier molecular flexibility index (Phi) is 6.12. The third-order valence-corrected chi connectivity index (χ3v) is 9.04. The van der Waals surface area contributed by atoms with Crippen molar-refractivity contribution in [2.24, 2.45) is 10.8 Å². The highest BCUT2D eigenvalue weighted by molar-refractivity contribution is 5.66. The fourth-order valence-corrected chi connectivity index (χ4v) is 6.72. The Bertz CT molecular complexity index is 888. The van der Waals surface area contributed by atoms with Crippen LogP contribution in [0, 0.1) is 10.8 Å². The molecule has 1 saturated carbocycles. The summed E-state index contributed by atoms with van der Waals surface area (Å²) >= 11 is 0. The molecule has 0 aromatic heterocycles. The Labute approximate surface area is 202 Å². The smallest absolute Gasteiger partial charge is 0.302 e. The lowest BCUT2D eigenvalue weighted by molar-refractivity contribution is -0.322. The summed E-state index contributed by atoms with van der Waals surface area (Å²) in [7, 11) is 0. The van der Waals surface area contributed by atoms with E-state index in [0.29, 0.717) is 5.57 Å². The third-order valence-electron chi connectivity index (χ3n) is 9.04. The number of aliphatic hydroxyl groups is 6. The maximum Gasteiger partial charge on any atom is 0.302 e. The number of hydrogen-bond acceptors (Lipinski definition) is 12. The second-order valence-corrected chi connectivity index (χ2v) is 10.7. The molecule has 2 bridgehead atoms. The van der Waals surface area contributed by atoms with Crippen molar-refractivity contribution in [2.45, 2.75) is 94.0 Å². The first-order valence-corrected chi connectivity index (χ1v) is 11.9. The summed E-state index contributed by atoms with van der Waals surface area (Å²) in [6.07, 6.45) is -10.3. The first-order valence-electron chi connectivity index (χ1n) is 11.9. The number of carbonyl (C=O) groups is 1. The molecule has 2 aliphatic carbocycles. The Morgan fingerprint density at radius 3 is 2.43 bits per heavy atom. The van der Waals surface area contributed by atoms with E-state index in [1.165, 1.54) is 6.92 Å². The highest BCUT2D eigenvalue weighted by Gasteiger charge is 2.85. The van der Waals surface area contributed by atoms with Crippen molar-refractivity contribution in [2.75, 3.05) is 19.8 Å². The fourth-order valence-electron chi connectivity index (χ4n) is 6.72. The molecule has 0 radical (unpaired) electrons. The SMILES string of the molecule is CC(=O)OC[C@]12C[C@H](O)C(C)=CC1OC1[C@H](O[C@@H]3O[C@H](CO)[C@@H](O)[C@H](O)[C@H]3O)[C@@H](O)[C@@]2(C)C12CO2. The lowest BCUT2D eigenvalue weighted by Crippen LogP contribution is -2.67. The zero-order valence-electron chi connectivity index (χ0n) is 19.8. The van der Waals surface area contributed by atoms with Crippen LogP contribution in [-0.4, -0.2) is 123 Å². The van der Waals surface area contributed by atoms with Crippen LogP contribution in [0.1, 0.15) is 27.2 Å². The molecular formula is C23H34O12.